The number of aliphatic hydroxyl groups excluding tert-OH is 1. The van der Waals surface area contributed by atoms with Crippen LogP contribution in [0, 0.1) is 0 Å². The van der Waals surface area contributed by atoms with E-state index in [1.165, 1.54) is 0 Å². The Morgan fingerprint density at radius 1 is 1.12 bits per heavy atom. The van der Waals surface area contributed by atoms with Crippen molar-refractivity contribution in [3.05, 3.63) is 59.9 Å². The summed E-state index contributed by atoms with van der Waals surface area (Å²) < 4.78 is 1.93. The van der Waals surface area contributed by atoms with Crippen LogP contribution in [0.25, 0.3) is 11.0 Å². The normalized spacial score (nSPS) is 12.8. The number of aromatic nitrogens is 3. The van der Waals surface area contributed by atoms with Gasteiger partial charge in [0.05, 0.1) is 12.3 Å². The summed E-state index contributed by atoms with van der Waals surface area (Å²) in [6.45, 7) is 5.43. The summed E-state index contributed by atoms with van der Waals surface area (Å²) in [4.78, 5) is 4.53. The van der Waals surface area contributed by atoms with E-state index in [9.17, 15) is 5.11 Å². The maximum atomic E-state index is 10.1. The molecule has 126 valence electrons. The Hall–Kier alpha value is -2.24. The van der Waals surface area contributed by atoms with Crippen molar-refractivity contribution in [1.29, 1.82) is 0 Å². The molecule has 1 aromatic carbocycles. The molecule has 3 rings (SSSR count). The van der Waals surface area contributed by atoms with Gasteiger partial charge in [0.1, 0.15) is 0 Å². The van der Waals surface area contributed by atoms with Crippen molar-refractivity contribution in [3.8, 4) is 0 Å². The molecule has 3 aromatic rings. The van der Waals surface area contributed by atoms with E-state index in [-0.39, 0.29) is 0 Å². The van der Waals surface area contributed by atoms with Gasteiger partial charge < -0.3 is 10.4 Å². The molecule has 0 spiro atoms. The molecule has 0 saturated heterocycles. The molecule has 0 fully saturated rings. The fourth-order valence-electron chi connectivity index (χ4n) is 2.80. The van der Waals surface area contributed by atoms with Crippen LogP contribution in [0.15, 0.2) is 48.8 Å². The van der Waals surface area contributed by atoms with Gasteiger partial charge in [-0.2, -0.15) is 5.10 Å². The number of aliphatic hydroxyl groups is 1. The highest BCUT2D eigenvalue weighted by Crippen LogP contribution is 2.16. The lowest BCUT2D eigenvalue weighted by molar-refractivity contribution is 0.171. The van der Waals surface area contributed by atoms with Crippen LogP contribution in [-0.2, 0) is 13.0 Å². The highest BCUT2D eigenvalue weighted by Gasteiger charge is 2.08. The van der Waals surface area contributed by atoms with Gasteiger partial charge in [-0.1, -0.05) is 30.3 Å². The minimum atomic E-state index is -0.396. The molecule has 24 heavy (non-hydrogen) atoms. The number of hydrogen-bond donors (Lipinski definition) is 2. The minimum absolute atomic E-state index is 0.298. The zero-order chi connectivity index (χ0) is 16.9. The van der Waals surface area contributed by atoms with Crippen molar-refractivity contribution in [3.63, 3.8) is 0 Å². The Kier molecular flexibility index (Phi) is 5.23. The quantitative estimate of drug-likeness (QED) is 0.701. The van der Waals surface area contributed by atoms with Gasteiger partial charge in [0.25, 0.3) is 0 Å². The van der Waals surface area contributed by atoms with E-state index in [1.54, 1.807) is 0 Å². The lowest BCUT2D eigenvalue weighted by atomic mass is 10.1. The lowest BCUT2D eigenvalue weighted by Crippen LogP contribution is -2.28. The number of benzene rings is 1. The molecule has 0 amide bonds. The third kappa shape index (κ3) is 3.99. The molecule has 0 radical (unpaired) electrons. The van der Waals surface area contributed by atoms with Crippen LogP contribution < -0.4 is 5.32 Å². The molecule has 2 N–H and O–H groups in total. The number of nitrogens with zero attached hydrogens (tertiary/aromatic N) is 3. The van der Waals surface area contributed by atoms with Gasteiger partial charge >= 0.3 is 0 Å². The minimum Gasteiger partial charge on any atom is -0.391 e. The van der Waals surface area contributed by atoms with Crippen LogP contribution in [0.4, 0.5) is 0 Å². The molecule has 0 aliphatic carbocycles. The topological polar surface area (TPSA) is 63.0 Å². The van der Waals surface area contributed by atoms with E-state index in [2.05, 4.69) is 35.3 Å². The third-order valence-electron chi connectivity index (χ3n) is 4.00. The molecule has 5 heteroatoms. The number of pyridine rings is 1. The average Bonchev–Trinajstić information content (AvgIpc) is 2.99. The summed E-state index contributed by atoms with van der Waals surface area (Å²) in [5.74, 6) is 0. The maximum absolute atomic E-state index is 10.1. The molecule has 1 atom stereocenters. The first-order valence-corrected chi connectivity index (χ1v) is 8.38. The Morgan fingerprint density at radius 3 is 2.67 bits per heavy atom. The van der Waals surface area contributed by atoms with E-state index >= 15 is 0 Å². The molecule has 0 aliphatic heterocycles. The van der Waals surface area contributed by atoms with Crippen LogP contribution in [-0.4, -0.2) is 32.5 Å². The molecular formula is C19H24N4O. The summed E-state index contributed by atoms with van der Waals surface area (Å²) in [5, 5.41) is 18.9. The lowest BCUT2D eigenvalue weighted by Gasteiger charge is -2.12. The molecule has 1 unspecified atom stereocenters. The standard InChI is InChI=1S/C19H24N4O/c1-14(2)23-19-17(12-22-23)8-16(11-21-19)10-20-13-18(24)9-15-6-4-3-5-7-15/h3-8,11-12,14,18,20,24H,9-10,13H2,1-2H3. The van der Waals surface area contributed by atoms with Crippen molar-refractivity contribution in [2.75, 3.05) is 6.54 Å². The van der Waals surface area contributed by atoms with E-state index in [1.807, 2.05) is 47.4 Å². The van der Waals surface area contributed by atoms with Crippen molar-refractivity contribution in [1.82, 2.24) is 20.1 Å². The number of fused-ring (bicyclic) bond motifs is 1. The van der Waals surface area contributed by atoms with Crippen molar-refractivity contribution in [2.45, 2.75) is 39.0 Å². The van der Waals surface area contributed by atoms with E-state index < -0.39 is 6.10 Å². The van der Waals surface area contributed by atoms with Crippen LogP contribution in [0.3, 0.4) is 0 Å². The second kappa shape index (κ2) is 7.55. The van der Waals surface area contributed by atoms with Gasteiger partial charge in [-0.3, -0.25) is 0 Å². The summed E-state index contributed by atoms with van der Waals surface area (Å²) in [5.41, 5.74) is 3.16. The molecule has 0 bridgehead atoms. The molecule has 0 aliphatic rings. The van der Waals surface area contributed by atoms with E-state index in [0.717, 1.165) is 22.2 Å². The van der Waals surface area contributed by atoms with Gasteiger partial charge in [0.15, 0.2) is 5.65 Å². The van der Waals surface area contributed by atoms with Crippen LogP contribution in [0.5, 0.6) is 0 Å². The molecular weight excluding hydrogens is 300 g/mol. The SMILES string of the molecule is CC(C)n1ncc2cc(CNCC(O)Cc3ccccc3)cnc21. The fourth-order valence-corrected chi connectivity index (χ4v) is 2.80. The number of hydrogen-bond acceptors (Lipinski definition) is 4. The highest BCUT2D eigenvalue weighted by atomic mass is 16.3. The Bertz CT molecular complexity index is 782. The first kappa shape index (κ1) is 16.6. The van der Waals surface area contributed by atoms with Gasteiger partial charge in [0, 0.05) is 30.7 Å². The van der Waals surface area contributed by atoms with Crippen molar-refractivity contribution >= 4 is 11.0 Å². The average molecular weight is 324 g/mol. The van der Waals surface area contributed by atoms with Gasteiger partial charge in [-0.15, -0.1) is 0 Å². The van der Waals surface area contributed by atoms with Crippen molar-refractivity contribution < 1.29 is 5.11 Å². The van der Waals surface area contributed by atoms with Crippen LogP contribution in [0.1, 0.15) is 31.0 Å². The highest BCUT2D eigenvalue weighted by molar-refractivity contribution is 5.75. The first-order chi connectivity index (χ1) is 11.6. The summed E-state index contributed by atoms with van der Waals surface area (Å²) in [6, 6.07) is 12.4. The largest absolute Gasteiger partial charge is 0.391 e. The summed E-state index contributed by atoms with van der Waals surface area (Å²) in [7, 11) is 0. The predicted molar refractivity (Wildman–Crippen MR) is 95.8 cm³/mol. The van der Waals surface area contributed by atoms with Gasteiger partial charge in [0.2, 0.25) is 0 Å². The summed E-state index contributed by atoms with van der Waals surface area (Å²) in [6.07, 6.45) is 4.00. The zero-order valence-electron chi connectivity index (χ0n) is 14.2. The van der Waals surface area contributed by atoms with E-state index in [0.29, 0.717) is 25.6 Å². The number of rotatable bonds is 7. The Balaban J connectivity index is 1.54. The second-order valence-corrected chi connectivity index (χ2v) is 6.41. The van der Waals surface area contributed by atoms with Gasteiger partial charge in [-0.05, 0) is 37.5 Å². The third-order valence-corrected chi connectivity index (χ3v) is 4.00. The van der Waals surface area contributed by atoms with Crippen LogP contribution in [0.2, 0.25) is 0 Å². The van der Waals surface area contributed by atoms with Crippen LogP contribution >= 0.6 is 0 Å². The smallest absolute Gasteiger partial charge is 0.157 e. The molecule has 2 aromatic heterocycles. The monoisotopic (exact) mass is 324 g/mol. The number of nitrogens with one attached hydrogen (secondary N) is 1. The Morgan fingerprint density at radius 2 is 1.92 bits per heavy atom. The second-order valence-electron chi connectivity index (χ2n) is 6.41. The molecule has 5 nitrogen and oxygen atoms in total. The fraction of sp³-hybridized carbons (Fsp3) is 0.368. The summed E-state index contributed by atoms with van der Waals surface area (Å²) >= 11 is 0. The van der Waals surface area contributed by atoms with Crippen molar-refractivity contribution in [2.24, 2.45) is 0 Å². The molecule has 0 saturated carbocycles. The first-order valence-electron chi connectivity index (χ1n) is 8.38. The predicted octanol–water partition coefficient (Wildman–Crippen LogP) is 2.71. The Labute approximate surface area is 142 Å². The van der Waals surface area contributed by atoms with E-state index in [4.69, 9.17) is 0 Å². The van der Waals surface area contributed by atoms with Gasteiger partial charge in [-0.25, -0.2) is 9.67 Å². The molecule has 2 heterocycles. The zero-order valence-corrected chi connectivity index (χ0v) is 14.2. The maximum Gasteiger partial charge on any atom is 0.157 e.